The third-order valence-corrected chi connectivity index (χ3v) is 4.08. The second kappa shape index (κ2) is 6.21. The van der Waals surface area contributed by atoms with Crippen molar-refractivity contribution >= 4 is 0 Å². The largest absolute Gasteiger partial charge is 0.207 e. The minimum Gasteiger partial charge on any atom is -0.207 e. The molecule has 2 aromatic rings. The van der Waals surface area contributed by atoms with Crippen molar-refractivity contribution in [3.63, 3.8) is 0 Å². The molecule has 1 atom stereocenters. The monoisotopic (exact) mass is 270 g/mol. The molecule has 0 aromatic heterocycles. The van der Waals surface area contributed by atoms with Crippen LogP contribution in [0.25, 0.3) is 0 Å². The summed E-state index contributed by atoms with van der Waals surface area (Å²) in [5, 5.41) is 0. The third kappa shape index (κ3) is 3.27. The van der Waals surface area contributed by atoms with Gasteiger partial charge in [0.15, 0.2) is 0 Å². The molecule has 0 saturated carbocycles. The van der Waals surface area contributed by atoms with Gasteiger partial charge < -0.3 is 0 Å². The van der Waals surface area contributed by atoms with Gasteiger partial charge in [0.05, 0.1) is 0 Å². The highest BCUT2D eigenvalue weighted by Crippen LogP contribution is 2.27. The van der Waals surface area contributed by atoms with Crippen molar-refractivity contribution in [2.75, 3.05) is 0 Å². The summed E-state index contributed by atoms with van der Waals surface area (Å²) in [7, 11) is 0. The smallest absolute Gasteiger partial charge is 0.123 e. The van der Waals surface area contributed by atoms with Crippen LogP contribution in [0.3, 0.4) is 0 Å². The summed E-state index contributed by atoms with van der Waals surface area (Å²) >= 11 is 0. The first kappa shape index (κ1) is 14.8. The van der Waals surface area contributed by atoms with E-state index in [2.05, 4.69) is 45.9 Å². The van der Waals surface area contributed by atoms with Crippen molar-refractivity contribution in [3.05, 3.63) is 70.5 Å². The fourth-order valence-corrected chi connectivity index (χ4v) is 2.79. The molecule has 106 valence electrons. The molecular weight excluding hydrogens is 247 g/mol. The lowest BCUT2D eigenvalue weighted by atomic mass is 9.88. The summed E-state index contributed by atoms with van der Waals surface area (Å²) in [5.41, 5.74) is 5.42. The van der Waals surface area contributed by atoms with Crippen LogP contribution in [0.1, 0.15) is 54.9 Å². The van der Waals surface area contributed by atoms with E-state index in [1.165, 1.54) is 22.3 Å². The Labute approximate surface area is 121 Å². The quantitative estimate of drug-likeness (QED) is 0.678. The van der Waals surface area contributed by atoms with E-state index in [4.69, 9.17) is 0 Å². The molecule has 0 fully saturated rings. The van der Waals surface area contributed by atoms with E-state index in [-0.39, 0.29) is 5.82 Å². The highest BCUT2D eigenvalue weighted by Gasteiger charge is 2.11. The molecule has 0 spiro atoms. The molecule has 0 heterocycles. The van der Waals surface area contributed by atoms with Gasteiger partial charge in [-0.15, -0.1) is 0 Å². The van der Waals surface area contributed by atoms with E-state index < -0.39 is 0 Å². The Bertz CT molecular complexity index is 567. The number of benzene rings is 2. The van der Waals surface area contributed by atoms with Crippen LogP contribution >= 0.6 is 0 Å². The summed E-state index contributed by atoms with van der Waals surface area (Å²) in [6.45, 7) is 8.88. The topological polar surface area (TPSA) is 0 Å². The van der Waals surface area contributed by atoms with Crippen molar-refractivity contribution in [2.45, 2.75) is 46.0 Å². The van der Waals surface area contributed by atoms with Crippen LogP contribution in [-0.4, -0.2) is 0 Å². The van der Waals surface area contributed by atoms with E-state index in [0.29, 0.717) is 11.8 Å². The number of rotatable bonds is 4. The predicted octanol–water partition coefficient (Wildman–Crippen LogP) is 5.60. The van der Waals surface area contributed by atoms with Crippen molar-refractivity contribution < 1.29 is 4.39 Å². The molecule has 20 heavy (non-hydrogen) atoms. The minimum atomic E-state index is -0.168. The zero-order valence-electron chi connectivity index (χ0n) is 12.8. The molecular formula is C19H23F. The van der Waals surface area contributed by atoms with Gasteiger partial charge in [-0.05, 0) is 59.6 Å². The van der Waals surface area contributed by atoms with E-state index >= 15 is 0 Å². The Hall–Kier alpha value is -1.63. The van der Waals surface area contributed by atoms with E-state index in [0.717, 1.165) is 6.42 Å². The molecule has 0 N–H and O–H groups in total. The molecule has 2 rings (SSSR count). The first-order valence-corrected chi connectivity index (χ1v) is 7.33. The van der Waals surface area contributed by atoms with E-state index in [1.807, 2.05) is 12.1 Å². The number of hydrogen-bond donors (Lipinski definition) is 0. The molecule has 0 saturated heterocycles. The van der Waals surface area contributed by atoms with Crippen LogP contribution in [0.15, 0.2) is 42.5 Å². The lowest BCUT2D eigenvalue weighted by Gasteiger charge is -2.17. The van der Waals surface area contributed by atoms with E-state index in [1.54, 1.807) is 12.1 Å². The van der Waals surface area contributed by atoms with Gasteiger partial charge in [0.1, 0.15) is 5.82 Å². The van der Waals surface area contributed by atoms with Crippen molar-refractivity contribution in [2.24, 2.45) is 0 Å². The number of halogens is 1. The summed E-state index contributed by atoms with van der Waals surface area (Å²) in [6.07, 6.45) is 0.998. The molecule has 0 aliphatic rings. The Morgan fingerprint density at radius 2 is 1.60 bits per heavy atom. The zero-order valence-corrected chi connectivity index (χ0v) is 12.8. The summed E-state index contributed by atoms with van der Waals surface area (Å²) < 4.78 is 13.0. The molecule has 0 radical (unpaired) electrons. The summed E-state index contributed by atoms with van der Waals surface area (Å²) in [5.74, 6) is 0.784. The first-order chi connectivity index (χ1) is 9.49. The van der Waals surface area contributed by atoms with Gasteiger partial charge in [-0.2, -0.15) is 0 Å². The summed E-state index contributed by atoms with van der Waals surface area (Å²) in [6, 6.07) is 13.4. The zero-order chi connectivity index (χ0) is 14.7. The average molecular weight is 270 g/mol. The van der Waals surface area contributed by atoms with Gasteiger partial charge in [0.25, 0.3) is 0 Å². The molecule has 0 amide bonds. The highest BCUT2D eigenvalue weighted by atomic mass is 19.1. The highest BCUT2D eigenvalue weighted by molar-refractivity contribution is 5.37. The fraction of sp³-hybridized carbons (Fsp3) is 0.368. The van der Waals surface area contributed by atoms with Gasteiger partial charge in [-0.1, -0.05) is 51.1 Å². The maximum atomic E-state index is 13.0. The van der Waals surface area contributed by atoms with Crippen molar-refractivity contribution in [3.8, 4) is 0 Å². The molecule has 0 nitrogen and oxygen atoms in total. The maximum absolute atomic E-state index is 13.0. The lowest BCUT2D eigenvalue weighted by molar-refractivity contribution is 0.625. The molecule has 0 bridgehead atoms. The average Bonchev–Trinajstić information content (AvgIpc) is 2.41. The number of hydrogen-bond acceptors (Lipinski definition) is 0. The Morgan fingerprint density at radius 1 is 0.950 bits per heavy atom. The maximum Gasteiger partial charge on any atom is 0.123 e. The van der Waals surface area contributed by atoms with Gasteiger partial charge in [-0.3, -0.25) is 0 Å². The van der Waals surface area contributed by atoms with Crippen molar-refractivity contribution in [1.82, 2.24) is 0 Å². The third-order valence-electron chi connectivity index (χ3n) is 4.08. The van der Waals surface area contributed by atoms with Gasteiger partial charge in [-0.25, -0.2) is 4.39 Å². The molecule has 1 heteroatoms. The second-order valence-electron chi connectivity index (χ2n) is 5.94. The van der Waals surface area contributed by atoms with Gasteiger partial charge >= 0.3 is 0 Å². The van der Waals surface area contributed by atoms with E-state index in [9.17, 15) is 4.39 Å². The van der Waals surface area contributed by atoms with Crippen LogP contribution in [0.4, 0.5) is 4.39 Å². The van der Waals surface area contributed by atoms with Crippen LogP contribution in [0.2, 0.25) is 0 Å². The fourth-order valence-electron chi connectivity index (χ4n) is 2.79. The summed E-state index contributed by atoms with van der Waals surface area (Å²) in [4.78, 5) is 0. The Balaban J connectivity index is 2.21. The normalized spacial score (nSPS) is 12.7. The Morgan fingerprint density at radius 3 is 2.20 bits per heavy atom. The van der Waals surface area contributed by atoms with Crippen LogP contribution in [0.5, 0.6) is 0 Å². The molecule has 1 unspecified atom stereocenters. The molecule has 0 aliphatic heterocycles. The Kier molecular flexibility index (Phi) is 4.59. The predicted molar refractivity (Wildman–Crippen MR) is 83.8 cm³/mol. The lowest BCUT2D eigenvalue weighted by Crippen LogP contribution is -2.03. The van der Waals surface area contributed by atoms with Gasteiger partial charge in [0.2, 0.25) is 0 Å². The van der Waals surface area contributed by atoms with Crippen LogP contribution in [-0.2, 0) is 6.42 Å². The molecule has 2 aromatic carbocycles. The first-order valence-electron chi connectivity index (χ1n) is 7.33. The minimum absolute atomic E-state index is 0.168. The second-order valence-corrected chi connectivity index (χ2v) is 5.94. The van der Waals surface area contributed by atoms with Gasteiger partial charge in [0, 0.05) is 0 Å². The standard InChI is InChI=1S/C19H23F/c1-13(2)19-7-5-6-17(15(19)4)12-14(3)16-8-10-18(20)11-9-16/h5-11,13-14H,12H2,1-4H3. The van der Waals surface area contributed by atoms with Crippen LogP contribution < -0.4 is 0 Å². The SMILES string of the molecule is Cc1c(CC(C)c2ccc(F)cc2)cccc1C(C)C. The van der Waals surface area contributed by atoms with Crippen molar-refractivity contribution in [1.29, 1.82) is 0 Å². The van der Waals surface area contributed by atoms with Crippen LogP contribution in [0, 0.1) is 12.7 Å². The molecule has 0 aliphatic carbocycles.